The van der Waals surface area contributed by atoms with E-state index in [1.807, 2.05) is 0 Å². The van der Waals surface area contributed by atoms with Crippen LogP contribution in [0.2, 0.25) is 0 Å². The fourth-order valence-electron chi connectivity index (χ4n) is 1.07. The Bertz CT molecular complexity index is 317. The quantitative estimate of drug-likeness (QED) is 0.559. The molecule has 11 heavy (non-hydrogen) atoms. The zero-order valence-corrected chi connectivity index (χ0v) is 5.66. The number of hydrogen-bond donors (Lipinski definition) is 0. The van der Waals surface area contributed by atoms with E-state index in [0.29, 0.717) is 11.3 Å². The van der Waals surface area contributed by atoms with Gasteiger partial charge in [0, 0.05) is 6.07 Å². The fourth-order valence-corrected chi connectivity index (χ4v) is 1.07. The number of ether oxygens (including phenoxy) is 1. The maximum absolute atomic E-state index is 11.0. The van der Waals surface area contributed by atoms with Crippen LogP contribution in [0.5, 0.6) is 11.5 Å². The van der Waals surface area contributed by atoms with Crippen molar-refractivity contribution in [3.05, 3.63) is 23.8 Å². The average molecular weight is 149 g/mol. The van der Waals surface area contributed by atoms with Gasteiger partial charge >= 0.3 is 0 Å². The molecular weight excluding hydrogens is 144 g/mol. The molecule has 1 heterocycles. The molecule has 55 valence electrons. The predicted octanol–water partition coefficient (Wildman–Crippen LogP) is 1.41. The summed E-state index contributed by atoms with van der Waals surface area (Å²) in [5.41, 5.74) is 0.414. The monoisotopic (exact) mass is 149 g/mol. The Labute approximate surface area is 63.2 Å². The average Bonchev–Trinajstić information content (AvgIpc) is 2.33. The van der Waals surface area contributed by atoms with E-state index in [0.717, 1.165) is 0 Å². The smallest absolute Gasteiger partial charge is 0.204 e. The molecule has 1 aromatic rings. The number of hydrogen-bond acceptors (Lipinski definition) is 2. The number of carbonyl (C=O) groups is 1. The van der Waals surface area contributed by atoms with E-state index >= 15 is 0 Å². The Kier molecular flexibility index (Phi) is 1.12. The first-order chi connectivity index (χ1) is 5.27. The molecular formula is C8H5O3. The van der Waals surface area contributed by atoms with Gasteiger partial charge in [0.15, 0.2) is 12.4 Å². The van der Waals surface area contributed by atoms with Gasteiger partial charge < -0.3 is 4.74 Å². The molecule has 0 N–H and O–H groups in total. The first-order valence-electron chi connectivity index (χ1n) is 3.24. The Balaban J connectivity index is 2.60. The van der Waals surface area contributed by atoms with Crippen LogP contribution >= 0.6 is 0 Å². The van der Waals surface area contributed by atoms with Crippen molar-refractivity contribution in [2.75, 3.05) is 6.61 Å². The summed E-state index contributed by atoms with van der Waals surface area (Å²) in [4.78, 5) is 11.0. The van der Waals surface area contributed by atoms with E-state index in [1.165, 1.54) is 18.2 Å². The Morgan fingerprint density at radius 3 is 3.00 bits per heavy atom. The van der Waals surface area contributed by atoms with E-state index in [2.05, 4.69) is 0 Å². The van der Waals surface area contributed by atoms with Crippen LogP contribution in [-0.4, -0.2) is 12.4 Å². The lowest BCUT2D eigenvalue weighted by atomic mass is 10.1. The van der Waals surface area contributed by atoms with E-state index < -0.39 is 0 Å². The summed E-state index contributed by atoms with van der Waals surface area (Å²) < 4.78 is 4.98. The van der Waals surface area contributed by atoms with Crippen LogP contribution in [0.15, 0.2) is 18.2 Å². The zero-order valence-electron chi connectivity index (χ0n) is 5.66. The molecule has 2 rings (SSSR count). The molecule has 0 unspecified atom stereocenters. The molecule has 1 aromatic carbocycles. The van der Waals surface area contributed by atoms with Gasteiger partial charge in [-0.25, -0.2) is 0 Å². The fraction of sp³-hybridized carbons (Fsp3) is 0.125. The molecule has 1 radical (unpaired) electrons. The molecule has 0 fully saturated rings. The summed E-state index contributed by atoms with van der Waals surface area (Å²) in [5, 5.41) is 10.8. The number of rotatable bonds is 0. The molecule has 1 aliphatic heterocycles. The molecule has 0 atom stereocenters. The topological polar surface area (TPSA) is 46.2 Å². The predicted molar refractivity (Wildman–Crippen MR) is 36.4 cm³/mol. The minimum atomic E-state index is -0.150. The van der Waals surface area contributed by atoms with Crippen molar-refractivity contribution < 1.29 is 14.6 Å². The highest BCUT2D eigenvalue weighted by atomic mass is 16.5. The second-order valence-electron chi connectivity index (χ2n) is 2.37. The second-order valence-corrected chi connectivity index (χ2v) is 2.37. The largest absolute Gasteiger partial charge is 0.485 e. The number of Topliss-reactive ketones (excluding diaryl/α,β-unsaturated/α-hetero) is 1. The van der Waals surface area contributed by atoms with Gasteiger partial charge in [-0.2, -0.15) is 0 Å². The van der Waals surface area contributed by atoms with Crippen molar-refractivity contribution in [3.8, 4) is 11.5 Å². The lowest BCUT2D eigenvalue weighted by Crippen LogP contribution is -1.98. The second kappa shape index (κ2) is 1.99. The normalized spacial score (nSPS) is 14.4. The van der Waals surface area contributed by atoms with Crippen molar-refractivity contribution in [1.29, 1.82) is 0 Å². The standard InChI is InChI=1S/C8H5O3/c9-5-1-2-8-6(3-5)7(10)4-11-8/h1-3H,4H2. The third kappa shape index (κ3) is 0.852. The van der Waals surface area contributed by atoms with Crippen LogP contribution in [-0.2, 0) is 5.11 Å². The van der Waals surface area contributed by atoms with Crippen molar-refractivity contribution in [3.63, 3.8) is 0 Å². The van der Waals surface area contributed by atoms with E-state index in [1.54, 1.807) is 0 Å². The highest BCUT2D eigenvalue weighted by Gasteiger charge is 2.21. The van der Waals surface area contributed by atoms with Crippen molar-refractivity contribution >= 4 is 5.78 Å². The molecule has 1 aliphatic rings. The van der Waals surface area contributed by atoms with Crippen LogP contribution in [0.1, 0.15) is 10.4 Å². The third-order valence-corrected chi connectivity index (χ3v) is 1.61. The first-order valence-corrected chi connectivity index (χ1v) is 3.24. The van der Waals surface area contributed by atoms with Gasteiger partial charge in [0.25, 0.3) is 0 Å². The minimum absolute atomic E-state index is 0.0682. The molecule has 0 saturated carbocycles. The van der Waals surface area contributed by atoms with E-state index in [-0.39, 0.29) is 18.1 Å². The Morgan fingerprint density at radius 2 is 2.18 bits per heavy atom. The van der Waals surface area contributed by atoms with Crippen LogP contribution in [0.25, 0.3) is 0 Å². The van der Waals surface area contributed by atoms with E-state index in [4.69, 9.17) is 4.74 Å². The first kappa shape index (κ1) is 6.22. The lowest BCUT2D eigenvalue weighted by molar-refractivity contribution is 0.0961. The molecule has 0 spiro atoms. The number of fused-ring (bicyclic) bond motifs is 1. The van der Waals surface area contributed by atoms with Gasteiger partial charge in [0.05, 0.1) is 5.56 Å². The Morgan fingerprint density at radius 1 is 1.36 bits per heavy atom. The number of ketones is 1. The molecule has 0 bridgehead atoms. The maximum atomic E-state index is 11.0. The minimum Gasteiger partial charge on any atom is -0.485 e. The van der Waals surface area contributed by atoms with Crippen molar-refractivity contribution in [2.24, 2.45) is 0 Å². The van der Waals surface area contributed by atoms with Crippen molar-refractivity contribution in [1.82, 2.24) is 0 Å². The maximum Gasteiger partial charge on any atom is 0.204 e. The van der Waals surface area contributed by atoms with Gasteiger partial charge in [-0.1, -0.05) is 0 Å². The van der Waals surface area contributed by atoms with Gasteiger partial charge in [-0.3, -0.25) is 9.90 Å². The zero-order chi connectivity index (χ0) is 7.84. The van der Waals surface area contributed by atoms with Gasteiger partial charge in [-0.15, -0.1) is 0 Å². The van der Waals surface area contributed by atoms with Gasteiger partial charge in [0.2, 0.25) is 5.78 Å². The third-order valence-electron chi connectivity index (χ3n) is 1.61. The molecule has 3 heteroatoms. The molecule has 0 aromatic heterocycles. The summed E-state index contributed by atoms with van der Waals surface area (Å²) in [7, 11) is 0. The Hall–Kier alpha value is -1.51. The summed E-state index contributed by atoms with van der Waals surface area (Å²) in [6.45, 7) is 0.0682. The van der Waals surface area contributed by atoms with Crippen LogP contribution in [0, 0.1) is 0 Å². The summed E-state index contributed by atoms with van der Waals surface area (Å²) in [5.74, 6) is 0.259. The molecule has 0 aliphatic carbocycles. The van der Waals surface area contributed by atoms with Crippen molar-refractivity contribution in [2.45, 2.75) is 0 Å². The van der Waals surface area contributed by atoms with E-state index in [9.17, 15) is 9.90 Å². The molecule has 3 nitrogen and oxygen atoms in total. The van der Waals surface area contributed by atoms with Gasteiger partial charge in [-0.05, 0) is 12.1 Å². The van der Waals surface area contributed by atoms with Crippen LogP contribution < -0.4 is 4.74 Å². The highest BCUT2D eigenvalue weighted by molar-refractivity contribution is 6.02. The highest BCUT2D eigenvalue weighted by Crippen LogP contribution is 2.28. The van der Waals surface area contributed by atoms with Crippen LogP contribution in [0.4, 0.5) is 0 Å². The summed E-state index contributed by atoms with van der Waals surface area (Å²) >= 11 is 0. The van der Waals surface area contributed by atoms with Crippen LogP contribution in [0.3, 0.4) is 0 Å². The SMILES string of the molecule is [O]c1ccc2c(c1)C(=O)CO2. The molecule has 0 amide bonds. The van der Waals surface area contributed by atoms with Gasteiger partial charge in [0.1, 0.15) is 5.75 Å². The summed E-state index contributed by atoms with van der Waals surface area (Å²) in [6.07, 6.45) is 0. The lowest BCUT2D eigenvalue weighted by Gasteiger charge is -1.93. The summed E-state index contributed by atoms with van der Waals surface area (Å²) in [6, 6.07) is 4.23. The number of carbonyl (C=O) groups excluding carboxylic acids is 1. The molecule has 0 saturated heterocycles. The number of benzene rings is 1.